The van der Waals surface area contributed by atoms with Crippen molar-refractivity contribution in [2.45, 2.75) is 12.5 Å². The standard InChI is InChI=1S/C17H17N3O3/c1-2-16(22)20-9-13(10-20)19-15-7-12(8-18-17(15)23)11-4-3-5-14(21)6-11/h2-4,6-8,13,19H,1,5,9-10H2,(H,18,23). The number of carbonyl (C=O) groups excluding carboxylic acids is 2. The number of pyridine rings is 1. The van der Waals surface area contributed by atoms with E-state index in [0.29, 0.717) is 25.2 Å². The quantitative estimate of drug-likeness (QED) is 0.816. The molecule has 6 nitrogen and oxygen atoms in total. The summed E-state index contributed by atoms with van der Waals surface area (Å²) in [7, 11) is 0. The van der Waals surface area contributed by atoms with E-state index in [9.17, 15) is 14.4 Å². The monoisotopic (exact) mass is 311 g/mol. The predicted molar refractivity (Wildman–Crippen MR) is 88.0 cm³/mol. The summed E-state index contributed by atoms with van der Waals surface area (Å²) in [5, 5.41) is 3.14. The van der Waals surface area contributed by atoms with Gasteiger partial charge in [-0.1, -0.05) is 18.7 Å². The van der Waals surface area contributed by atoms with Crippen LogP contribution in [0.15, 0.2) is 47.9 Å². The second-order valence-corrected chi connectivity index (χ2v) is 5.59. The highest BCUT2D eigenvalue weighted by Crippen LogP contribution is 2.21. The Balaban J connectivity index is 1.74. The van der Waals surface area contributed by atoms with E-state index in [-0.39, 0.29) is 23.3 Å². The molecule has 2 aliphatic rings. The molecule has 118 valence electrons. The highest BCUT2D eigenvalue weighted by Gasteiger charge is 2.29. The van der Waals surface area contributed by atoms with Gasteiger partial charge in [0.15, 0.2) is 5.78 Å². The molecule has 0 unspecified atom stereocenters. The Morgan fingerprint density at radius 3 is 2.87 bits per heavy atom. The van der Waals surface area contributed by atoms with Crippen LogP contribution in [0.25, 0.3) is 5.57 Å². The van der Waals surface area contributed by atoms with Gasteiger partial charge in [0.1, 0.15) is 5.69 Å². The van der Waals surface area contributed by atoms with Crippen molar-refractivity contribution in [3.05, 3.63) is 59.1 Å². The first-order valence-electron chi connectivity index (χ1n) is 7.39. The maximum atomic E-state index is 11.9. The van der Waals surface area contributed by atoms with Gasteiger partial charge in [0.2, 0.25) is 5.91 Å². The zero-order valence-corrected chi connectivity index (χ0v) is 12.5. The van der Waals surface area contributed by atoms with E-state index in [1.54, 1.807) is 29.3 Å². The Kier molecular flexibility index (Phi) is 3.97. The number of carbonyl (C=O) groups is 2. The summed E-state index contributed by atoms with van der Waals surface area (Å²) < 4.78 is 0. The van der Waals surface area contributed by atoms with Crippen LogP contribution in [-0.4, -0.2) is 40.7 Å². The van der Waals surface area contributed by atoms with Crippen molar-refractivity contribution >= 4 is 23.0 Å². The van der Waals surface area contributed by atoms with Crippen molar-refractivity contribution < 1.29 is 9.59 Å². The molecule has 0 saturated carbocycles. The maximum Gasteiger partial charge on any atom is 0.271 e. The van der Waals surface area contributed by atoms with Crippen molar-refractivity contribution in [3.63, 3.8) is 0 Å². The topological polar surface area (TPSA) is 82.3 Å². The third-order valence-electron chi connectivity index (χ3n) is 3.90. The molecular formula is C17H17N3O3. The predicted octanol–water partition coefficient (Wildman–Crippen LogP) is 1.10. The van der Waals surface area contributed by atoms with Gasteiger partial charge in [-0.05, 0) is 23.8 Å². The molecule has 1 amide bonds. The Morgan fingerprint density at radius 1 is 1.39 bits per heavy atom. The van der Waals surface area contributed by atoms with Crippen LogP contribution in [0.5, 0.6) is 0 Å². The molecule has 1 aromatic rings. The van der Waals surface area contributed by atoms with Crippen molar-refractivity contribution in [3.8, 4) is 0 Å². The van der Waals surface area contributed by atoms with E-state index in [4.69, 9.17) is 0 Å². The first-order chi connectivity index (χ1) is 11.1. The lowest BCUT2D eigenvalue weighted by Crippen LogP contribution is -2.57. The van der Waals surface area contributed by atoms with Crippen LogP contribution in [0.2, 0.25) is 0 Å². The summed E-state index contributed by atoms with van der Waals surface area (Å²) in [4.78, 5) is 39.2. The first-order valence-corrected chi connectivity index (χ1v) is 7.39. The minimum Gasteiger partial charge on any atom is -0.374 e. The SMILES string of the molecule is C=CC(=O)N1CC(Nc2cc(C3=CC(=O)CC=C3)c[nH]c2=O)C1. The molecule has 1 aromatic heterocycles. The van der Waals surface area contributed by atoms with Gasteiger partial charge in [-0.15, -0.1) is 0 Å². The smallest absolute Gasteiger partial charge is 0.271 e. The van der Waals surface area contributed by atoms with Gasteiger partial charge in [-0.3, -0.25) is 14.4 Å². The van der Waals surface area contributed by atoms with Crippen LogP contribution in [0, 0.1) is 0 Å². The Labute approximate surface area is 133 Å². The number of amides is 1. The van der Waals surface area contributed by atoms with Gasteiger partial charge in [0, 0.05) is 31.3 Å². The van der Waals surface area contributed by atoms with Crippen LogP contribution in [0.1, 0.15) is 12.0 Å². The summed E-state index contributed by atoms with van der Waals surface area (Å²) in [5.74, 6) is -0.0671. The Hall–Kier alpha value is -2.89. The van der Waals surface area contributed by atoms with Crippen LogP contribution in [0.4, 0.5) is 5.69 Å². The maximum absolute atomic E-state index is 11.9. The summed E-state index contributed by atoms with van der Waals surface area (Å²) in [6.07, 6.45) is 8.53. The van der Waals surface area contributed by atoms with Crippen LogP contribution in [-0.2, 0) is 9.59 Å². The molecule has 1 saturated heterocycles. The number of aromatic nitrogens is 1. The average molecular weight is 311 g/mol. The third kappa shape index (κ3) is 3.15. The minimum atomic E-state index is -0.228. The number of likely N-dealkylation sites (tertiary alicyclic amines) is 1. The van der Waals surface area contributed by atoms with E-state index < -0.39 is 0 Å². The van der Waals surface area contributed by atoms with Crippen LogP contribution < -0.4 is 10.9 Å². The molecular weight excluding hydrogens is 294 g/mol. The van der Waals surface area contributed by atoms with Crippen LogP contribution in [0.3, 0.4) is 0 Å². The number of nitrogens with one attached hydrogen (secondary N) is 2. The normalized spacial score (nSPS) is 17.5. The molecule has 0 radical (unpaired) electrons. The zero-order chi connectivity index (χ0) is 16.4. The van der Waals surface area contributed by atoms with Gasteiger partial charge in [-0.25, -0.2) is 0 Å². The number of aromatic amines is 1. The number of allylic oxidation sites excluding steroid dienone is 4. The number of hydrogen-bond acceptors (Lipinski definition) is 4. The highest BCUT2D eigenvalue weighted by molar-refractivity contribution is 6.01. The van der Waals surface area contributed by atoms with Crippen molar-refractivity contribution in [1.82, 2.24) is 9.88 Å². The fraction of sp³-hybridized carbons (Fsp3) is 0.235. The molecule has 0 aromatic carbocycles. The number of rotatable bonds is 4. The fourth-order valence-electron chi connectivity index (χ4n) is 2.62. The number of hydrogen-bond donors (Lipinski definition) is 2. The summed E-state index contributed by atoms with van der Waals surface area (Å²) in [6, 6.07) is 1.76. The summed E-state index contributed by atoms with van der Waals surface area (Å²) in [5.41, 5.74) is 1.76. The molecule has 1 aliphatic heterocycles. The van der Waals surface area contributed by atoms with Gasteiger partial charge < -0.3 is 15.2 Å². The molecule has 1 fully saturated rings. The number of ketones is 1. The number of H-pyrrole nitrogens is 1. The van der Waals surface area contributed by atoms with Gasteiger partial charge >= 0.3 is 0 Å². The second-order valence-electron chi connectivity index (χ2n) is 5.59. The van der Waals surface area contributed by atoms with E-state index in [0.717, 1.165) is 11.1 Å². The summed E-state index contributed by atoms with van der Waals surface area (Å²) >= 11 is 0. The molecule has 1 aliphatic carbocycles. The molecule has 3 rings (SSSR count). The minimum absolute atomic E-state index is 0.0350. The van der Waals surface area contributed by atoms with Crippen LogP contribution >= 0.6 is 0 Å². The first kappa shape index (κ1) is 15.0. The lowest BCUT2D eigenvalue weighted by Gasteiger charge is -2.39. The third-order valence-corrected chi connectivity index (χ3v) is 3.90. The van der Waals surface area contributed by atoms with Gasteiger partial charge in [0.05, 0.1) is 6.04 Å². The molecule has 23 heavy (non-hydrogen) atoms. The fourth-order valence-corrected chi connectivity index (χ4v) is 2.62. The van der Waals surface area contributed by atoms with E-state index in [1.165, 1.54) is 6.08 Å². The van der Waals surface area contributed by atoms with E-state index >= 15 is 0 Å². The Bertz CT molecular complexity index is 783. The van der Waals surface area contributed by atoms with Gasteiger partial charge in [-0.2, -0.15) is 0 Å². The number of nitrogens with zero attached hydrogens (tertiary/aromatic N) is 1. The van der Waals surface area contributed by atoms with Crippen molar-refractivity contribution in [2.24, 2.45) is 0 Å². The molecule has 6 heteroatoms. The van der Waals surface area contributed by atoms with E-state index in [2.05, 4.69) is 16.9 Å². The average Bonchev–Trinajstić information content (AvgIpc) is 2.51. The lowest BCUT2D eigenvalue weighted by molar-refractivity contribution is -0.129. The molecule has 0 atom stereocenters. The molecule has 2 heterocycles. The molecule has 0 spiro atoms. The van der Waals surface area contributed by atoms with E-state index in [1.807, 2.05) is 6.08 Å². The largest absolute Gasteiger partial charge is 0.374 e. The second kappa shape index (κ2) is 6.08. The van der Waals surface area contributed by atoms with Crippen molar-refractivity contribution in [1.29, 1.82) is 0 Å². The zero-order valence-electron chi connectivity index (χ0n) is 12.5. The van der Waals surface area contributed by atoms with Crippen molar-refractivity contribution in [2.75, 3.05) is 18.4 Å². The molecule has 0 bridgehead atoms. The molecule has 2 N–H and O–H groups in total. The number of anilines is 1. The highest BCUT2D eigenvalue weighted by atomic mass is 16.2. The lowest BCUT2D eigenvalue weighted by atomic mass is 10.00. The summed E-state index contributed by atoms with van der Waals surface area (Å²) in [6.45, 7) is 4.52. The van der Waals surface area contributed by atoms with Gasteiger partial charge in [0.25, 0.3) is 5.56 Å². The Morgan fingerprint density at radius 2 is 2.17 bits per heavy atom.